The van der Waals surface area contributed by atoms with Crippen LogP contribution >= 0.6 is 0 Å². The highest BCUT2D eigenvalue weighted by molar-refractivity contribution is 6.62. The van der Waals surface area contributed by atoms with E-state index < -0.39 is 0 Å². The van der Waals surface area contributed by atoms with Crippen molar-refractivity contribution in [2.24, 2.45) is 0 Å². The van der Waals surface area contributed by atoms with Crippen LogP contribution in [0.1, 0.15) is 33.3 Å². The van der Waals surface area contributed by atoms with Crippen molar-refractivity contribution in [3.63, 3.8) is 0 Å². The number of aryl methyl sites for hydroxylation is 1. The molecule has 0 unspecified atom stereocenters. The highest BCUT2D eigenvalue weighted by Gasteiger charge is 2.51. The number of hydrogen-bond donors (Lipinski definition) is 0. The summed E-state index contributed by atoms with van der Waals surface area (Å²) in [6.45, 7) is 10.4. The first-order valence-corrected chi connectivity index (χ1v) is 8.72. The average Bonchev–Trinajstić information content (AvgIpc) is 3.05. The summed E-state index contributed by atoms with van der Waals surface area (Å²) in [7, 11) is -0.355. The van der Waals surface area contributed by atoms with Crippen LogP contribution < -0.4 is 5.46 Å². The molecule has 1 aliphatic rings. The summed E-state index contributed by atoms with van der Waals surface area (Å²) in [6, 6.07) is 16.5. The Hall–Kier alpha value is -2.04. The molecule has 2 aromatic carbocycles. The third kappa shape index (κ3) is 2.70. The molecule has 4 heteroatoms. The van der Waals surface area contributed by atoms with E-state index in [1.54, 1.807) is 0 Å². The van der Waals surface area contributed by atoms with E-state index in [4.69, 9.17) is 13.7 Å². The SMILES string of the molecule is Cc1ccccc1-c1cc2cc(B3OC(C)(C)C(C)(C)O3)ccc2o1. The molecule has 3 nitrogen and oxygen atoms in total. The molecule has 1 aliphatic heterocycles. The number of hydrogen-bond acceptors (Lipinski definition) is 3. The summed E-state index contributed by atoms with van der Waals surface area (Å²) in [5.74, 6) is 0.888. The van der Waals surface area contributed by atoms with Gasteiger partial charge in [-0.15, -0.1) is 0 Å². The van der Waals surface area contributed by atoms with E-state index in [0.717, 1.165) is 27.8 Å². The summed E-state index contributed by atoms with van der Waals surface area (Å²) in [5, 5.41) is 1.06. The van der Waals surface area contributed by atoms with Gasteiger partial charge in [-0.25, -0.2) is 0 Å². The largest absolute Gasteiger partial charge is 0.494 e. The zero-order valence-electron chi connectivity index (χ0n) is 15.4. The van der Waals surface area contributed by atoms with Crippen molar-refractivity contribution in [2.45, 2.75) is 45.8 Å². The van der Waals surface area contributed by atoms with Gasteiger partial charge in [-0.3, -0.25) is 0 Å². The Labute approximate surface area is 149 Å². The number of benzene rings is 2. The molecule has 1 fully saturated rings. The molecule has 1 aromatic heterocycles. The van der Waals surface area contributed by atoms with Gasteiger partial charge in [-0.2, -0.15) is 0 Å². The van der Waals surface area contributed by atoms with Gasteiger partial charge in [0.25, 0.3) is 0 Å². The van der Waals surface area contributed by atoms with Crippen LogP contribution in [0.5, 0.6) is 0 Å². The first-order valence-electron chi connectivity index (χ1n) is 8.72. The summed E-state index contributed by atoms with van der Waals surface area (Å²) in [5.41, 5.74) is 3.54. The Morgan fingerprint density at radius 3 is 2.20 bits per heavy atom. The highest BCUT2D eigenvalue weighted by Crippen LogP contribution is 2.37. The summed E-state index contributed by atoms with van der Waals surface area (Å²) in [4.78, 5) is 0. The van der Waals surface area contributed by atoms with E-state index in [2.05, 4.69) is 58.9 Å². The van der Waals surface area contributed by atoms with Crippen molar-refractivity contribution >= 4 is 23.6 Å². The number of furan rings is 1. The van der Waals surface area contributed by atoms with Gasteiger partial charge < -0.3 is 13.7 Å². The van der Waals surface area contributed by atoms with Crippen LogP contribution in [0.15, 0.2) is 52.9 Å². The fraction of sp³-hybridized carbons (Fsp3) is 0.333. The van der Waals surface area contributed by atoms with Crippen molar-refractivity contribution in [1.82, 2.24) is 0 Å². The van der Waals surface area contributed by atoms with Gasteiger partial charge in [0.1, 0.15) is 11.3 Å². The van der Waals surface area contributed by atoms with Crippen molar-refractivity contribution in [3.8, 4) is 11.3 Å². The standard InChI is InChI=1S/C21H23BO3/c1-14-8-6-7-9-17(14)19-13-15-12-16(10-11-18(15)23-19)22-24-20(2,3)21(4,5)25-22/h6-13H,1-5H3. The second kappa shape index (κ2) is 5.48. The molecule has 0 N–H and O–H groups in total. The molecule has 0 saturated carbocycles. The molecular formula is C21H23BO3. The lowest BCUT2D eigenvalue weighted by Gasteiger charge is -2.32. The lowest BCUT2D eigenvalue weighted by Crippen LogP contribution is -2.41. The van der Waals surface area contributed by atoms with Crippen molar-refractivity contribution in [3.05, 3.63) is 54.1 Å². The number of fused-ring (bicyclic) bond motifs is 1. The molecule has 0 spiro atoms. The van der Waals surface area contributed by atoms with Gasteiger partial charge in [-0.1, -0.05) is 36.4 Å². The molecule has 0 amide bonds. The zero-order chi connectivity index (χ0) is 17.8. The van der Waals surface area contributed by atoms with E-state index in [-0.39, 0.29) is 18.3 Å². The fourth-order valence-electron chi connectivity index (χ4n) is 3.17. The van der Waals surface area contributed by atoms with E-state index in [1.165, 1.54) is 5.56 Å². The zero-order valence-corrected chi connectivity index (χ0v) is 15.4. The highest BCUT2D eigenvalue weighted by atomic mass is 16.7. The minimum Gasteiger partial charge on any atom is -0.456 e. The fourth-order valence-corrected chi connectivity index (χ4v) is 3.17. The molecule has 0 atom stereocenters. The Morgan fingerprint density at radius 2 is 1.52 bits per heavy atom. The lowest BCUT2D eigenvalue weighted by atomic mass is 9.79. The predicted octanol–water partition coefficient (Wildman–Crippen LogP) is 4.71. The molecule has 1 saturated heterocycles. The second-order valence-electron chi connectivity index (χ2n) is 7.81. The lowest BCUT2D eigenvalue weighted by molar-refractivity contribution is 0.00578. The van der Waals surface area contributed by atoms with Gasteiger partial charge in [0.05, 0.1) is 11.2 Å². The van der Waals surface area contributed by atoms with E-state index in [0.29, 0.717) is 0 Å². The molecule has 128 valence electrons. The monoisotopic (exact) mass is 334 g/mol. The molecule has 0 aliphatic carbocycles. The van der Waals surface area contributed by atoms with Crippen LogP contribution in [-0.4, -0.2) is 18.3 Å². The van der Waals surface area contributed by atoms with E-state index in [9.17, 15) is 0 Å². The van der Waals surface area contributed by atoms with E-state index in [1.807, 2.05) is 24.3 Å². The average molecular weight is 334 g/mol. The Morgan fingerprint density at radius 1 is 0.840 bits per heavy atom. The first-order chi connectivity index (χ1) is 11.8. The maximum absolute atomic E-state index is 6.16. The Balaban J connectivity index is 1.71. The maximum Gasteiger partial charge on any atom is 0.494 e. The minimum absolute atomic E-state index is 0.338. The van der Waals surface area contributed by atoms with Crippen LogP contribution in [0.4, 0.5) is 0 Å². The normalized spacial score (nSPS) is 18.8. The van der Waals surface area contributed by atoms with Gasteiger partial charge in [0.2, 0.25) is 0 Å². The van der Waals surface area contributed by atoms with Crippen molar-refractivity contribution in [1.29, 1.82) is 0 Å². The molecule has 0 bridgehead atoms. The van der Waals surface area contributed by atoms with Crippen LogP contribution in [-0.2, 0) is 9.31 Å². The summed E-state index contributed by atoms with van der Waals surface area (Å²) >= 11 is 0. The smallest absolute Gasteiger partial charge is 0.456 e. The topological polar surface area (TPSA) is 31.6 Å². The van der Waals surface area contributed by atoms with Crippen LogP contribution in [0.2, 0.25) is 0 Å². The molecule has 25 heavy (non-hydrogen) atoms. The van der Waals surface area contributed by atoms with E-state index >= 15 is 0 Å². The van der Waals surface area contributed by atoms with Gasteiger partial charge in [-0.05, 0) is 57.8 Å². The summed E-state index contributed by atoms with van der Waals surface area (Å²) in [6.07, 6.45) is 0. The third-order valence-corrected chi connectivity index (χ3v) is 5.48. The summed E-state index contributed by atoms with van der Waals surface area (Å²) < 4.78 is 18.4. The van der Waals surface area contributed by atoms with Crippen molar-refractivity contribution < 1.29 is 13.7 Å². The van der Waals surface area contributed by atoms with Gasteiger partial charge >= 0.3 is 7.12 Å². The Kier molecular flexibility index (Phi) is 3.60. The van der Waals surface area contributed by atoms with Crippen LogP contribution in [0.3, 0.4) is 0 Å². The predicted molar refractivity (Wildman–Crippen MR) is 102 cm³/mol. The molecule has 3 aromatic rings. The minimum atomic E-state index is -0.355. The van der Waals surface area contributed by atoms with Gasteiger partial charge in [0.15, 0.2) is 0 Å². The van der Waals surface area contributed by atoms with Gasteiger partial charge in [0, 0.05) is 10.9 Å². The molecule has 0 radical (unpaired) electrons. The van der Waals surface area contributed by atoms with Crippen molar-refractivity contribution in [2.75, 3.05) is 0 Å². The quantitative estimate of drug-likeness (QED) is 0.636. The Bertz CT molecular complexity index is 923. The molecule has 2 heterocycles. The first kappa shape index (κ1) is 16.4. The second-order valence-corrected chi connectivity index (χ2v) is 7.81. The third-order valence-electron chi connectivity index (χ3n) is 5.48. The number of rotatable bonds is 2. The molecular weight excluding hydrogens is 311 g/mol. The molecule has 4 rings (SSSR count). The van der Waals surface area contributed by atoms with Crippen LogP contribution in [0, 0.1) is 6.92 Å². The maximum atomic E-state index is 6.16. The van der Waals surface area contributed by atoms with Crippen LogP contribution in [0.25, 0.3) is 22.3 Å².